The molecular formula is C42H83NO16P2. The van der Waals surface area contributed by atoms with Gasteiger partial charge in [0.1, 0.15) is 43.2 Å². The molecule has 0 amide bonds. The number of aliphatic hydroxyl groups is 4. The molecule has 10 N–H and O–H groups in total. The SMILES string of the molecule is C#CC#CC#CC#CC#CC#CC#CC#CC(=O)OC[C@H](COP(=O)(O)OC1C(O)[C@@H](O)C(OP(=O)(O)O)[C@@H](O)[C@H]1O)OC(=O)CCCCCCCCCCCCCCC.N.[HH].[HH].[HH].[HH].[HH].[HH].[HH].[HH].[HH].[HH].[HH].[HH].[HH].[HH].[HH]. The van der Waals surface area contributed by atoms with Crippen molar-refractivity contribution in [3.63, 3.8) is 0 Å². The molecule has 0 radical (unpaired) electrons. The quantitative estimate of drug-likeness (QED) is 0.0185. The van der Waals surface area contributed by atoms with E-state index >= 15 is 0 Å². The summed E-state index contributed by atoms with van der Waals surface area (Å²) in [7, 11) is -10.7. The number of carbonyl (C=O) groups excluding carboxylic acids is 2. The Morgan fingerprint density at radius 3 is 1.43 bits per heavy atom. The van der Waals surface area contributed by atoms with E-state index in [-0.39, 0.29) is 34.0 Å². The third-order valence-electron chi connectivity index (χ3n) is 8.15. The van der Waals surface area contributed by atoms with Gasteiger partial charge in [-0.3, -0.25) is 18.4 Å². The smallest absolute Gasteiger partial charge is 0.456 e. The molecule has 8 atom stereocenters. The number of esters is 2. The molecule has 0 heterocycles. The summed E-state index contributed by atoms with van der Waals surface area (Å²) in [5, 5.41) is 41.2. The van der Waals surface area contributed by atoms with Gasteiger partial charge in [0.25, 0.3) is 0 Å². The summed E-state index contributed by atoms with van der Waals surface area (Å²) in [6, 6.07) is 0. The number of ether oxygens (including phenoxy) is 2. The summed E-state index contributed by atoms with van der Waals surface area (Å²) < 4.78 is 48.3. The fourth-order valence-corrected chi connectivity index (χ4v) is 6.80. The summed E-state index contributed by atoms with van der Waals surface area (Å²) in [4.78, 5) is 53.3. The monoisotopic (exact) mass is 920 g/mol. The predicted octanol–water partition coefficient (Wildman–Crippen LogP) is 5.87. The van der Waals surface area contributed by atoms with Crippen LogP contribution in [0.3, 0.4) is 0 Å². The number of rotatable bonds is 24. The summed E-state index contributed by atoms with van der Waals surface area (Å²) in [5.74, 6) is 32.9. The van der Waals surface area contributed by atoms with Crippen molar-refractivity contribution in [3.8, 4) is 95.2 Å². The molecule has 19 heteroatoms. The minimum atomic E-state index is -5.35. The maximum atomic E-state index is 12.8. The van der Waals surface area contributed by atoms with Gasteiger partial charge in [0.2, 0.25) is 0 Å². The molecule has 0 aromatic rings. The van der Waals surface area contributed by atoms with Gasteiger partial charge in [-0.25, -0.2) is 13.9 Å². The molecule has 0 aliphatic heterocycles. The zero-order valence-corrected chi connectivity index (χ0v) is 35.6. The summed E-state index contributed by atoms with van der Waals surface area (Å²) in [5.41, 5.74) is 0. The van der Waals surface area contributed by atoms with E-state index in [1.165, 1.54) is 44.9 Å². The molecule has 1 saturated carbocycles. The van der Waals surface area contributed by atoms with E-state index in [0.717, 1.165) is 32.1 Å². The Bertz CT molecular complexity index is 2020. The van der Waals surface area contributed by atoms with Crippen molar-refractivity contribution >= 4 is 27.6 Å². The topological polar surface area (TPSA) is 291 Å². The van der Waals surface area contributed by atoms with Crippen LogP contribution in [0.15, 0.2) is 0 Å². The molecule has 17 nitrogen and oxygen atoms in total. The lowest BCUT2D eigenvalue weighted by Crippen LogP contribution is -2.64. The molecule has 0 spiro atoms. The Labute approximate surface area is 380 Å². The highest BCUT2D eigenvalue weighted by atomic mass is 31.2. The molecule has 1 aliphatic carbocycles. The van der Waals surface area contributed by atoms with Crippen LogP contribution in [0.4, 0.5) is 0 Å². The summed E-state index contributed by atoms with van der Waals surface area (Å²) >= 11 is 0. The van der Waals surface area contributed by atoms with Crippen LogP contribution in [0.2, 0.25) is 0 Å². The van der Waals surface area contributed by atoms with E-state index < -0.39 is 83.5 Å². The van der Waals surface area contributed by atoms with Crippen LogP contribution in [0.25, 0.3) is 0 Å². The van der Waals surface area contributed by atoms with E-state index in [0.29, 0.717) is 6.42 Å². The number of unbranched alkanes of at least 4 members (excludes halogenated alkanes) is 12. The van der Waals surface area contributed by atoms with Crippen molar-refractivity contribution in [3.05, 3.63) is 0 Å². The standard InChI is InChI=1S/C42H50O16P2.H3N.15H2/c1-3-5-7-9-11-13-15-17-19-20-22-24-26-28-30-35(43)54-32-34(56-36(44)31-29-27-25-23-21-18-16-14-12-10-8-6-4-2)33-55-60(52,53)58-42-39(47)37(45)41(38(46)40(42)48)57-59(49,50)51;;;;;;;;;;;;;;;;/h1,34,37-42,45-48H,4,6,8,10,12,14,16,18,21,23,25,27,29,31-33H2,2H3,(H,52,53)(H2,49,50,51);1H3;15*1H/t34-,37-,38+,39?,40-,41?,42?;;;;;;;;;;;;;;;;/m1................/s1. The third-order valence-corrected chi connectivity index (χ3v) is 9.66. The zero-order valence-electron chi connectivity index (χ0n) is 33.8. The second-order valence-electron chi connectivity index (χ2n) is 13.0. The molecular weight excluding hydrogens is 836 g/mol. The highest BCUT2D eigenvalue weighted by Gasteiger charge is 2.54. The molecule has 61 heavy (non-hydrogen) atoms. The third kappa shape index (κ3) is 27.8. The average Bonchev–Trinajstić information content (AvgIpc) is 3.20. The number of carbonyl (C=O) groups is 2. The number of phosphoric acid groups is 2. The highest BCUT2D eigenvalue weighted by Crippen LogP contribution is 2.48. The van der Waals surface area contributed by atoms with Crippen LogP contribution >= 0.6 is 15.6 Å². The Balaban J connectivity index is -0.000000161. The van der Waals surface area contributed by atoms with E-state index in [2.05, 4.69) is 100 Å². The van der Waals surface area contributed by atoms with Crippen LogP contribution in [0.1, 0.15) is 118 Å². The second-order valence-corrected chi connectivity index (χ2v) is 15.6. The van der Waals surface area contributed by atoms with Crippen molar-refractivity contribution < 1.29 is 98.3 Å². The molecule has 0 aromatic carbocycles. The summed E-state index contributed by atoms with van der Waals surface area (Å²) in [6.07, 6.45) is 3.79. The molecule has 1 aliphatic rings. The van der Waals surface area contributed by atoms with Gasteiger partial charge in [-0.15, -0.1) is 6.42 Å². The molecule has 1 fully saturated rings. The van der Waals surface area contributed by atoms with Gasteiger partial charge in [0.05, 0.1) is 6.61 Å². The van der Waals surface area contributed by atoms with Gasteiger partial charge in [0, 0.05) is 33.7 Å². The first kappa shape index (κ1) is 56.4. The maximum absolute atomic E-state index is 12.8. The number of phosphoric ester groups is 2. The van der Waals surface area contributed by atoms with E-state index in [9.17, 15) is 44.0 Å². The fraction of sp³-hybridized carbons (Fsp3) is 0.571. The zero-order chi connectivity index (χ0) is 44.7. The van der Waals surface area contributed by atoms with Gasteiger partial charge in [-0.2, -0.15) is 0 Å². The predicted molar refractivity (Wildman–Crippen MR) is 253 cm³/mol. The van der Waals surface area contributed by atoms with Gasteiger partial charge in [0.15, 0.2) is 6.10 Å². The molecule has 0 saturated heterocycles. The van der Waals surface area contributed by atoms with Gasteiger partial charge in [-0.1, -0.05) is 84.0 Å². The Morgan fingerprint density at radius 2 is 1.00 bits per heavy atom. The Kier molecular flexibility index (Phi) is 30.6. The first-order chi connectivity index (χ1) is 28.6. The number of aliphatic hydroxyl groups excluding tert-OH is 4. The first-order valence-electron chi connectivity index (χ1n) is 19.1. The molecule has 4 unspecified atom stereocenters. The van der Waals surface area contributed by atoms with Crippen molar-refractivity contribution in [1.82, 2.24) is 6.15 Å². The van der Waals surface area contributed by atoms with Crippen LogP contribution < -0.4 is 6.15 Å². The van der Waals surface area contributed by atoms with Gasteiger partial charge >= 0.3 is 27.6 Å². The largest absolute Gasteiger partial charge is 0.472 e. The van der Waals surface area contributed by atoms with Gasteiger partial charge < -0.3 is 50.7 Å². The van der Waals surface area contributed by atoms with Gasteiger partial charge in [-0.05, 0) is 89.3 Å². The minimum absolute atomic E-state index is 0. The normalized spacial score (nSPS) is 20.0. The van der Waals surface area contributed by atoms with Crippen LogP contribution in [0, 0.1) is 95.2 Å². The van der Waals surface area contributed by atoms with E-state index in [1.807, 2.05) is 0 Å². The van der Waals surface area contributed by atoms with E-state index in [1.54, 1.807) is 0 Å². The van der Waals surface area contributed by atoms with Crippen molar-refractivity contribution in [2.45, 2.75) is 140 Å². The lowest BCUT2D eigenvalue weighted by Gasteiger charge is -2.43. The maximum Gasteiger partial charge on any atom is 0.472 e. The number of hydrogen-bond donors (Lipinski definition) is 8. The van der Waals surface area contributed by atoms with Crippen molar-refractivity contribution in [1.29, 1.82) is 0 Å². The average molecular weight is 920 g/mol. The lowest BCUT2D eigenvalue weighted by atomic mass is 9.85. The fourth-order valence-electron chi connectivity index (χ4n) is 5.27. The second kappa shape index (κ2) is 33.1. The van der Waals surface area contributed by atoms with Crippen LogP contribution in [0.5, 0.6) is 0 Å². The van der Waals surface area contributed by atoms with Crippen molar-refractivity contribution in [2.75, 3.05) is 13.2 Å². The molecule has 362 valence electrons. The molecule has 0 aromatic heterocycles. The van der Waals surface area contributed by atoms with E-state index in [4.69, 9.17) is 34.7 Å². The Hall–Kier alpha value is -4.56. The number of terminal acetylenes is 1. The number of hydrogen-bond acceptors (Lipinski definition) is 14. The van der Waals surface area contributed by atoms with Crippen LogP contribution in [-0.4, -0.2) is 103 Å². The summed E-state index contributed by atoms with van der Waals surface area (Å²) in [6.45, 7) is 0.522. The highest BCUT2D eigenvalue weighted by molar-refractivity contribution is 7.47. The first-order valence-corrected chi connectivity index (χ1v) is 22.1. The Morgan fingerprint density at radius 1 is 0.607 bits per heavy atom. The van der Waals surface area contributed by atoms with Crippen LogP contribution in [-0.2, 0) is 41.8 Å². The molecule has 1 rings (SSSR count). The minimum Gasteiger partial charge on any atom is -0.456 e. The molecule has 0 bridgehead atoms. The van der Waals surface area contributed by atoms with Crippen molar-refractivity contribution in [2.24, 2.45) is 0 Å². The lowest BCUT2D eigenvalue weighted by molar-refractivity contribution is -0.216.